The summed E-state index contributed by atoms with van der Waals surface area (Å²) in [6.45, 7) is 3.57. The molecule has 0 N–H and O–H groups in total. The lowest BCUT2D eigenvalue weighted by Gasteiger charge is -2.33. The number of benzene rings is 2. The monoisotopic (exact) mass is 335 g/mol. The van der Waals surface area contributed by atoms with Crippen molar-refractivity contribution >= 4 is 11.6 Å². The summed E-state index contributed by atoms with van der Waals surface area (Å²) in [4.78, 5) is 13.9. The molecule has 0 spiro atoms. The van der Waals surface area contributed by atoms with E-state index in [0.717, 1.165) is 17.7 Å². The zero-order valence-corrected chi connectivity index (χ0v) is 13.2. The van der Waals surface area contributed by atoms with Crippen LogP contribution in [0.15, 0.2) is 42.5 Å². The van der Waals surface area contributed by atoms with E-state index in [-0.39, 0.29) is 12.5 Å². The van der Waals surface area contributed by atoms with Gasteiger partial charge in [0.1, 0.15) is 5.75 Å². The quantitative estimate of drug-likeness (QED) is 0.818. The van der Waals surface area contributed by atoms with Gasteiger partial charge in [0.25, 0.3) is 5.91 Å². The molecule has 3 nitrogen and oxygen atoms in total. The molecule has 0 saturated carbocycles. The van der Waals surface area contributed by atoms with E-state index in [1.807, 2.05) is 13.0 Å². The molecule has 0 saturated heterocycles. The number of halogens is 3. The third kappa shape index (κ3) is 3.09. The minimum atomic E-state index is -4.41. The maximum Gasteiger partial charge on any atom is 0.416 e. The third-order valence-corrected chi connectivity index (χ3v) is 3.92. The summed E-state index contributed by atoms with van der Waals surface area (Å²) in [7, 11) is 0. The van der Waals surface area contributed by atoms with Gasteiger partial charge in [-0.3, -0.25) is 4.79 Å². The van der Waals surface area contributed by atoms with Gasteiger partial charge >= 0.3 is 6.18 Å². The molecule has 1 heterocycles. The van der Waals surface area contributed by atoms with Gasteiger partial charge < -0.3 is 9.64 Å². The van der Waals surface area contributed by atoms with Crippen LogP contribution in [0, 0.1) is 6.92 Å². The number of hydrogen-bond donors (Lipinski definition) is 0. The van der Waals surface area contributed by atoms with Crippen molar-refractivity contribution < 1.29 is 22.7 Å². The predicted octanol–water partition coefficient (Wildman–Crippen LogP) is 4.33. The van der Waals surface area contributed by atoms with Crippen molar-refractivity contribution in [2.75, 3.05) is 4.90 Å². The van der Waals surface area contributed by atoms with E-state index >= 15 is 0 Å². The minimum Gasteiger partial charge on any atom is -0.479 e. The van der Waals surface area contributed by atoms with Crippen LogP contribution in [0.25, 0.3) is 0 Å². The van der Waals surface area contributed by atoms with Crippen LogP contribution >= 0.6 is 0 Å². The Morgan fingerprint density at radius 3 is 2.62 bits per heavy atom. The van der Waals surface area contributed by atoms with Gasteiger partial charge in [-0.25, -0.2) is 0 Å². The van der Waals surface area contributed by atoms with E-state index in [4.69, 9.17) is 4.74 Å². The summed E-state index contributed by atoms with van der Waals surface area (Å²) < 4.78 is 44.2. The van der Waals surface area contributed by atoms with Crippen LogP contribution in [0.2, 0.25) is 0 Å². The Morgan fingerprint density at radius 2 is 1.92 bits per heavy atom. The fourth-order valence-electron chi connectivity index (χ4n) is 2.71. The molecular weight excluding hydrogens is 319 g/mol. The topological polar surface area (TPSA) is 29.5 Å². The number of fused-ring (bicyclic) bond motifs is 1. The lowest BCUT2D eigenvalue weighted by molar-refractivity contribution is -0.137. The van der Waals surface area contributed by atoms with Gasteiger partial charge in [0.2, 0.25) is 0 Å². The summed E-state index contributed by atoms with van der Waals surface area (Å²) in [5, 5.41) is 0. The average Bonchev–Trinajstić information content (AvgIpc) is 2.52. The van der Waals surface area contributed by atoms with E-state index in [9.17, 15) is 18.0 Å². The summed E-state index contributed by atoms with van der Waals surface area (Å²) in [6.07, 6.45) is -5.08. The first-order valence-electron chi connectivity index (χ1n) is 7.50. The maximum atomic E-state index is 12.9. The molecule has 0 unspecified atom stereocenters. The Morgan fingerprint density at radius 1 is 1.17 bits per heavy atom. The molecule has 2 aromatic carbocycles. The van der Waals surface area contributed by atoms with Crippen molar-refractivity contribution in [2.24, 2.45) is 0 Å². The molecule has 126 valence electrons. The van der Waals surface area contributed by atoms with E-state index in [1.165, 1.54) is 11.0 Å². The number of carbonyl (C=O) groups is 1. The highest BCUT2D eigenvalue weighted by molar-refractivity contribution is 5.99. The van der Waals surface area contributed by atoms with Crippen molar-refractivity contribution in [1.29, 1.82) is 0 Å². The zero-order valence-electron chi connectivity index (χ0n) is 13.2. The summed E-state index contributed by atoms with van der Waals surface area (Å²) in [5.74, 6) is 0.283. The lowest BCUT2D eigenvalue weighted by Crippen LogP contribution is -2.44. The molecule has 0 fully saturated rings. The minimum absolute atomic E-state index is 0.0624. The molecule has 1 aliphatic heterocycles. The second-order valence-electron chi connectivity index (χ2n) is 5.85. The van der Waals surface area contributed by atoms with E-state index < -0.39 is 17.8 Å². The molecule has 0 aliphatic carbocycles. The summed E-state index contributed by atoms with van der Waals surface area (Å²) >= 11 is 0. The van der Waals surface area contributed by atoms with Crippen LogP contribution in [-0.4, -0.2) is 12.0 Å². The number of hydrogen-bond acceptors (Lipinski definition) is 2. The first-order chi connectivity index (χ1) is 11.3. The molecule has 3 rings (SSSR count). The number of alkyl halides is 3. The molecule has 0 bridgehead atoms. The first-order valence-corrected chi connectivity index (χ1v) is 7.50. The van der Waals surface area contributed by atoms with Gasteiger partial charge in [-0.1, -0.05) is 18.2 Å². The number of carbonyl (C=O) groups excluding carboxylic acids is 1. The molecule has 1 amide bonds. The predicted molar refractivity (Wildman–Crippen MR) is 83.9 cm³/mol. The number of rotatable bonds is 2. The number of ether oxygens (including phenoxy) is 1. The van der Waals surface area contributed by atoms with E-state index in [1.54, 1.807) is 25.1 Å². The highest BCUT2D eigenvalue weighted by Crippen LogP contribution is 2.36. The third-order valence-electron chi connectivity index (χ3n) is 3.92. The van der Waals surface area contributed by atoms with Crippen LogP contribution < -0.4 is 9.64 Å². The number of amides is 1. The van der Waals surface area contributed by atoms with Gasteiger partial charge in [0.05, 0.1) is 17.8 Å². The average molecular weight is 335 g/mol. The van der Waals surface area contributed by atoms with Gasteiger partial charge in [-0.05, 0) is 49.2 Å². The summed E-state index contributed by atoms with van der Waals surface area (Å²) in [6, 6.07) is 10.5. The van der Waals surface area contributed by atoms with Crippen molar-refractivity contribution in [3.05, 3.63) is 59.2 Å². The fraction of sp³-hybridized carbons (Fsp3) is 0.278. The second kappa shape index (κ2) is 5.85. The van der Waals surface area contributed by atoms with Crippen LogP contribution in [0.4, 0.5) is 18.9 Å². The van der Waals surface area contributed by atoms with E-state index in [2.05, 4.69) is 0 Å². The Kier molecular flexibility index (Phi) is 3.99. The molecule has 1 aliphatic rings. The number of anilines is 1. The molecule has 24 heavy (non-hydrogen) atoms. The molecule has 0 aromatic heterocycles. The van der Waals surface area contributed by atoms with Crippen molar-refractivity contribution in [3.63, 3.8) is 0 Å². The van der Waals surface area contributed by atoms with Gasteiger partial charge in [-0.2, -0.15) is 13.2 Å². The SMILES string of the molecule is Cc1ccc2c(c1)N(Cc1cccc(C(F)(F)F)c1)C(=O)[C@@H](C)O2. The fourth-order valence-corrected chi connectivity index (χ4v) is 2.71. The zero-order chi connectivity index (χ0) is 17.5. The Labute approximate surface area is 137 Å². The number of aryl methyl sites for hydroxylation is 1. The van der Waals surface area contributed by atoms with Gasteiger partial charge in [0.15, 0.2) is 6.10 Å². The molecule has 2 aromatic rings. The maximum absolute atomic E-state index is 12.9. The lowest BCUT2D eigenvalue weighted by atomic mass is 10.1. The van der Waals surface area contributed by atoms with Crippen LogP contribution in [0.1, 0.15) is 23.6 Å². The molecule has 6 heteroatoms. The summed E-state index contributed by atoms with van der Waals surface area (Å²) in [5.41, 5.74) is 1.21. The molecule has 0 radical (unpaired) electrons. The highest BCUT2D eigenvalue weighted by atomic mass is 19.4. The van der Waals surface area contributed by atoms with Crippen molar-refractivity contribution in [2.45, 2.75) is 32.7 Å². The van der Waals surface area contributed by atoms with Crippen molar-refractivity contribution in [1.82, 2.24) is 0 Å². The molecular formula is C18H16F3NO2. The largest absolute Gasteiger partial charge is 0.479 e. The normalized spacial score (nSPS) is 17.5. The second-order valence-corrected chi connectivity index (χ2v) is 5.85. The number of nitrogens with zero attached hydrogens (tertiary/aromatic N) is 1. The van der Waals surface area contributed by atoms with Crippen LogP contribution in [0.3, 0.4) is 0 Å². The highest BCUT2D eigenvalue weighted by Gasteiger charge is 2.33. The van der Waals surface area contributed by atoms with Crippen LogP contribution in [-0.2, 0) is 17.5 Å². The first kappa shape index (κ1) is 16.4. The van der Waals surface area contributed by atoms with Gasteiger partial charge in [-0.15, -0.1) is 0 Å². The standard InChI is InChI=1S/C18H16F3NO2/c1-11-6-7-16-15(8-11)22(17(23)12(2)24-16)10-13-4-3-5-14(9-13)18(19,20)21/h3-9,12H,10H2,1-2H3/t12-/m1/s1. The Balaban J connectivity index is 1.98. The Hall–Kier alpha value is -2.50. The smallest absolute Gasteiger partial charge is 0.416 e. The van der Waals surface area contributed by atoms with Crippen LogP contribution in [0.5, 0.6) is 5.75 Å². The van der Waals surface area contributed by atoms with Crippen molar-refractivity contribution in [3.8, 4) is 5.75 Å². The molecule has 1 atom stereocenters. The Bertz CT molecular complexity index is 786. The van der Waals surface area contributed by atoms with E-state index in [0.29, 0.717) is 17.0 Å². The van der Waals surface area contributed by atoms with Gasteiger partial charge in [0, 0.05) is 0 Å².